The van der Waals surface area contributed by atoms with Gasteiger partial charge < -0.3 is 9.88 Å². The summed E-state index contributed by atoms with van der Waals surface area (Å²) in [5.41, 5.74) is 2.91. The average Bonchev–Trinajstić information content (AvgIpc) is 2.65. The molecule has 5 nitrogen and oxygen atoms in total. The smallest absolute Gasteiger partial charge is 0.105 e. The largest absolute Gasteiger partial charge is 0.334 e. The maximum Gasteiger partial charge on any atom is 0.105 e. The maximum atomic E-state index is 4.41. The fourth-order valence-corrected chi connectivity index (χ4v) is 1.79. The van der Waals surface area contributed by atoms with Gasteiger partial charge in [0.1, 0.15) is 5.82 Å². The molecule has 0 fully saturated rings. The normalized spacial score (nSPS) is 12.7. The minimum atomic E-state index is 0.0225. The van der Waals surface area contributed by atoms with Crippen LogP contribution in [-0.2, 0) is 7.05 Å². The lowest BCUT2D eigenvalue weighted by molar-refractivity contribution is 0.614. The molecule has 0 aromatic carbocycles. The molecular weight excluding hydrogens is 214 g/mol. The number of hydrogen-bond donors (Lipinski definition) is 1. The molecule has 0 aliphatic rings. The minimum absolute atomic E-state index is 0.0225. The number of nitrogens with one attached hydrogen (secondary N) is 1. The van der Waals surface area contributed by atoms with Gasteiger partial charge in [-0.1, -0.05) is 0 Å². The van der Waals surface area contributed by atoms with Gasteiger partial charge in [-0.3, -0.25) is 9.97 Å². The summed E-state index contributed by atoms with van der Waals surface area (Å²) >= 11 is 0. The fraction of sp³-hybridized carbons (Fsp3) is 0.417. The number of rotatable bonds is 3. The van der Waals surface area contributed by atoms with E-state index in [2.05, 4.69) is 24.8 Å². The molecule has 1 atom stereocenters. The molecule has 1 unspecified atom stereocenters. The van der Waals surface area contributed by atoms with Crippen molar-refractivity contribution in [3.8, 4) is 0 Å². The van der Waals surface area contributed by atoms with Crippen molar-refractivity contribution in [3.05, 3.63) is 41.5 Å². The van der Waals surface area contributed by atoms with Gasteiger partial charge >= 0.3 is 0 Å². The van der Waals surface area contributed by atoms with Crippen LogP contribution in [0.2, 0.25) is 0 Å². The van der Waals surface area contributed by atoms with Gasteiger partial charge in [0.15, 0.2) is 0 Å². The predicted molar refractivity (Wildman–Crippen MR) is 65.6 cm³/mol. The summed E-state index contributed by atoms with van der Waals surface area (Å²) in [5.74, 6) is 0.986. The highest BCUT2D eigenvalue weighted by Crippen LogP contribution is 2.19. The molecule has 0 radical (unpaired) electrons. The summed E-state index contributed by atoms with van der Waals surface area (Å²) < 4.78 is 2.06. The van der Waals surface area contributed by atoms with Crippen molar-refractivity contribution in [2.75, 3.05) is 7.05 Å². The van der Waals surface area contributed by atoms with Crippen LogP contribution in [0.1, 0.15) is 28.9 Å². The van der Waals surface area contributed by atoms with E-state index in [9.17, 15) is 0 Å². The third kappa shape index (κ3) is 2.19. The Morgan fingerprint density at radius 2 is 1.88 bits per heavy atom. The van der Waals surface area contributed by atoms with Crippen molar-refractivity contribution >= 4 is 0 Å². The molecule has 0 aliphatic carbocycles. The Balaban J connectivity index is 2.40. The van der Waals surface area contributed by atoms with Crippen LogP contribution in [-0.4, -0.2) is 26.6 Å². The average molecular weight is 231 g/mol. The second-order valence-corrected chi connectivity index (χ2v) is 4.09. The molecule has 1 N–H and O–H groups in total. The van der Waals surface area contributed by atoms with E-state index in [0.29, 0.717) is 0 Å². The highest BCUT2D eigenvalue weighted by atomic mass is 15.1. The van der Waals surface area contributed by atoms with Crippen molar-refractivity contribution in [1.82, 2.24) is 24.8 Å². The summed E-state index contributed by atoms with van der Waals surface area (Å²) in [4.78, 5) is 13.0. The molecule has 0 saturated heterocycles. The summed E-state index contributed by atoms with van der Waals surface area (Å²) in [6.07, 6.45) is 5.46. The van der Waals surface area contributed by atoms with Crippen LogP contribution in [0.15, 0.2) is 18.6 Å². The zero-order chi connectivity index (χ0) is 12.4. The quantitative estimate of drug-likeness (QED) is 0.860. The molecule has 2 aromatic rings. The minimum Gasteiger partial charge on any atom is -0.334 e. The third-order valence-corrected chi connectivity index (χ3v) is 2.94. The molecular formula is C12H17N5. The molecule has 0 amide bonds. The summed E-state index contributed by atoms with van der Waals surface area (Å²) in [6.45, 7) is 3.91. The van der Waals surface area contributed by atoms with Crippen molar-refractivity contribution in [3.63, 3.8) is 0 Å². The Kier molecular flexibility index (Phi) is 3.19. The first-order valence-corrected chi connectivity index (χ1v) is 5.57. The Morgan fingerprint density at radius 3 is 2.35 bits per heavy atom. The molecule has 0 bridgehead atoms. The van der Waals surface area contributed by atoms with Crippen molar-refractivity contribution in [1.29, 1.82) is 0 Å². The second-order valence-electron chi connectivity index (χ2n) is 4.09. The first kappa shape index (κ1) is 11.7. The van der Waals surface area contributed by atoms with Gasteiger partial charge in [-0.25, -0.2) is 4.98 Å². The van der Waals surface area contributed by atoms with Crippen LogP contribution in [0.3, 0.4) is 0 Å². The van der Waals surface area contributed by atoms with Crippen LogP contribution in [0.5, 0.6) is 0 Å². The zero-order valence-electron chi connectivity index (χ0n) is 10.6. The van der Waals surface area contributed by atoms with E-state index < -0.39 is 0 Å². The Hall–Kier alpha value is -1.75. The lowest BCUT2D eigenvalue weighted by Crippen LogP contribution is -2.21. The topological polar surface area (TPSA) is 55.6 Å². The monoisotopic (exact) mass is 231 g/mol. The lowest BCUT2D eigenvalue weighted by atomic mass is 10.1. The van der Waals surface area contributed by atoms with Crippen molar-refractivity contribution in [2.24, 2.45) is 7.05 Å². The Morgan fingerprint density at radius 1 is 1.12 bits per heavy atom. The molecule has 2 aromatic heterocycles. The van der Waals surface area contributed by atoms with Gasteiger partial charge in [0.05, 0.1) is 35.5 Å². The van der Waals surface area contributed by atoms with E-state index in [0.717, 1.165) is 22.9 Å². The Labute approximate surface area is 101 Å². The number of hydrogen-bond acceptors (Lipinski definition) is 4. The zero-order valence-corrected chi connectivity index (χ0v) is 10.6. The van der Waals surface area contributed by atoms with Crippen LogP contribution in [0, 0.1) is 13.8 Å². The van der Waals surface area contributed by atoms with E-state index in [-0.39, 0.29) is 6.04 Å². The number of nitrogens with zero attached hydrogens (tertiary/aromatic N) is 4. The van der Waals surface area contributed by atoms with Crippen LogP contribution in [0.25, 0.3) is 0 Å². The van der Waals surface area contributed by atoms with Crippen LogP contribution in [0.4, 0.5) is 0 Å². The van der Waals surface area contributed by atoms with Gasteiger partial charge in [-0.05, 0) is 20.9 Å². The highest BCUT2D eigenvalue weighted by Gasteiger charge is 2.17. The summed E-state index contributed by atoms with van der Waals surface area (Å²) in [5, 5.41) is 3.24. The summed E-state index contributed by atoms with van der Waals surface area (Å²) in [7, 11) is 3.91. The fourth-order valence-electron chi connectivity index (χ4n) is 1.79. The van der Waals surface area contributed by atoms with Crippen molar-refractivity contribution in [2.45, 2.75) is 19.9 Å². The van der Waals surface area contributed by atoms with E-state index in [1.165, 1.54) is 0 Å². The van der Waals surface area contributed by atoms with Crippen LogP contribution >= 0.6 is 0 Å². The molecule has 0 spiro atoms. The number of imidazole rings is 1. The number of aromatic nitrogens is 4. The van der Waals surface area contributed by atoms with E-state index in [1.54, 1.807) is 12.4 Å². The van der Waals surface area contributed by atoms with Gasteiger partial charge in [-0.2, -0.15) is 0 Å². The third-order valence-electron chi connectivity index (χ3n) is 2.94. The molecule has 0 saturated carbocycles. The first-order valence-electron chi connectivity index (χ1n) is 5.57. The van der Waals surface area contributed by atoms with Gasteiger partial charge in [0, 0.05) is 13.2 Å². The van der Waals surface area contributed by atoms with Gasteiger partial charge in [0.25, 0.3) is 0 Å². The van der Waals surface area contributed by atoms with Gasteiger partial charge in [-0.15, -0.1) is 0 Å². The summed E-state index contributed by atoms with van der Waals surface area (Å²) in [6, 6.07) is 0.0225. The molecule has 0 aliphatic heterocycles. The molecule has 5 heteroatoms. The van der Waals surface area contributed by atoms with Crippen LogP contribution < -0.4 is 5.32 Å². The van der Waals surface area contributed by atoms with E-state index in [4.69, 9.17) is 0 Å². The predicted octanol–water partition coefficient (Wildman–Crippen LogP) is 1.14. The molecule has 2 rings (SSSR count). The number of aryl methyl sites for hydroxylation is 2. The SMILES string of the molecule is CNC(c1cnc(C)cn1)c1cnc(C)n1C. The maximum absolute atomic E-state index is 4.41. The Bertz CT molecular complexity index is 500. The van der Waals surface area contributed by atoms with Gasteiger partial charge in [0.2, 0.25) is 0 Å². The standard InChI is InChI=1S/C12H17N5/c1-8-5-16-10(6-14-8)12(13-3)11-7-15-9(2)17(11)4/h5-7,12-13H,1-4H3. The van der Waals surface area contributed by atoms with E-state index >= 15 is 0 Å². The first-order chi connectivity index (χ1) is 8.13. The highest BCUT2D eigenvalue weighted by molar-refractivity contribution is 5.20. The molecule has 90 valence electrons. The van der Waals surface area contributed by atoms with Crippen molar-refractivity contribution < 1.29 is 0 Å². The lowest BCUT2D eigenvalue weighted by Gasteiger charge is -2.16. The van der Waals surface area contributed by atoms with E-state index in [1.807, 2.05) is 34.1 Å². The molecule has 17 heavy (non-hydrogen) atoms. The molecule has 2 heterocycles. The second kappa shape index (κ2) is 4.63.